The van der Waals surface area contributed by atoms with Crippen LogP contribution in [0.2, 0.25) is 0 Å². The van der Waals surface area contributed by atoms with E-state index in [1.54, 1.807) is 39.6 Å². The Morgan fingerprint density at radius 1 is 1.07 bits per heavy atom. The highest BCUT2D eigenvalue weighted by molar-refractivity contribution is 7.59. The van der Waals surface area contributed by atoms with Crippen molar-refractivity contribution in [3.63, 3.8) is 0 Å². The van der Waals surface area contributed by atoms with Gasteiger partial charge in [-0.1, -0.05) is 0 Å². The van der Waals surface area contributed by atoms with Gasteiger partial charge in [0.25, 0.3) is 7.52 Å². The largest absolute Gasteiger partial charge is 0.348 e. The summed E-state index contributed by atoms with van der Waals surface area (Å²) in [4.78, 5) is 0. The van der Waals surface area contributed by atoms with Gasteiger partial charge in [0, 0.05) is 27.9 Å². The van der Waals surface area contributed by atoms with Crippen LogP contribution < -0.4 is 0 Å². The predicted molar refractivity (Wildman–Crippen MR) is 68.4 cm³/mol. The van der Waals surface area contributed by atoms with Crippen molar-refractivity contribution in [3.05, 3.63) is 0 Å². The highest BCUT2D eigenvalue weighted by Gasteiger charge is 2.15. The van der Waals surface area contributed by atoms with Gasteiger partial charge in [0.1, 0.15) is 0 Å². The van der Waals surface area contributed by atoms with Gasteiger partial charge < -0.3 is 9.05 Å². The molecule has 1 unspecified atom stereocenters. The Morgan fingerprint density at radius 3 is 1.47 bits per heavy atom. The molecule has 15 heavy (non-hydrogen) atoms. The Morgan fingerprint density at radius 2 is 1.47 bits per heavy atom. The van der Waals surface area contributed by atoms with Crippen molar-refractivity contribution in [2.24, 2.45) is 4.74 Å². The second-order valence-corrected chi connectivity index (χ2v) is 9.63. The van der Waals surface area contributed by atoms with Gasteiger partial charge in [-0.15, -0.1) is 0 Å². The van der Waals surface area contributed by atoms with E-state index in [1.807, 2.05) is 13.3 Å². The molecule has 0 aliphatic rings. The number of rotatable bonds is 3. The van der Waals surface area contributed by atoms with Gasteiger partial charge in [0.05, 0.1) is 7.28 Å². The summed E-state index contributed by atoms with van der Waals surface area (Å²) < 4.78 is 26.3. The third-order valence-electron chi connectivity index (χ3n) is 1.99. The van der Waals surface area contributed by atoms with E-state index in [1.165, 1.54) is 7.11 Å². The molecule has 0 saturated carbocycles. The molecular formula is C8H24N2O3P2. The Kier molecular flexibility index (Phi) is 8.97. The Labute approximate surface area is 93.8 Å². The van der Waals surface area contributed by atoms with Crippen molar-refractivity contribution in [3.8, 4) is 0 Å². The minimum absolute atomic E-state index is 1.28. The summed E-state index contributed by atoms with van der Waals surface area (Å²) in [6, 6.07) is 0. The first-order chi connectivity index (χ1) is 6.63. The molecule has 0 bridgehead atoms. The lowest BCUT2D eigenvalue weighted by atomic mass is 11.3. The van der Waals surface area contributed by atoms with Crippen LogP contribution in [0.25, 0.3) is 0 Å². The molecule has 0 spiro atoms. The lowest BCUT2D eigenvalue weighted by Gasteiger charge is -2.17. The Balaban J connectivity index is 0. The average molecular weight is 258 g/mol. The second-order valence-electron chi connectivity index (χ2n) is 3.51. The molecule has 0 N–H and O–H groups in total. The normalized spacial score (nSPS) is 15.3. The molecule has 5 nitrogen and oxygen atoms in total. The molecule has 0 aromatic carbocycles. The van der Waals surface area contributed by atoms with Crippen LogP contribution in [-0.4, -0.2) is 60.0 Å². The Bertz CT molecular complexity index is 261. The highest BCUT2D eigenvalue weighted by Crippen LogP contribution is 2.42. The SMILES string of the molecule is CN=P(C)(C)OC.COP(C)(=O)N(C)C. The molecule has 0 rings (SSSR count). The summed E-state index contributed by atoms with van der Waals surface area (Å²) in [6.07, 6.45) is 0. The minimum Gasteiger partial charge on any atom is -0.348 e. The molecule has 1 atom stereocenters. The topological polar surface area (TPSA) is 51.1 Å². The van der Waals surface area contributed by atoms with Crippen LogP contribution >= 0.6 is 14.8 Å². The van der Waals surface area contributed by atoms with Crippen molar-refractivity contribution in [2.75, 3.05) is 55.4 Å². The summed E-state index contributed by atoms with van der Waals surface area (Å²) in [6.45, 7) is 5.62. The molecule has 0 radical (unpaired) electrons. The van der Waals surface area contributed by atoms with Gasteiger partial charge in [-0.2, -0.15) is 0 Å². The molecule has 0 amide bonds. The molecular weight excluding hydrogens is 234 g/mol. The quantitative estimate of drug-likeness (QED) is 0.730. The van der Waals surface area contributed by atoms with Crippen LogP contribution in [0, 0.1) is 0 Å². The zero-order chi connectivity index (χ0) is 12.7. The summed E-state index contributed by atoms with van der Waals surface area (Å²) in [5, 5.41) is 0. The standard InChI is InChI=1S/C4H12NO2P.C4H12NOP/c1-5(2)8(4,6)7-3;1-5-7(3,4)6-2/h1-4H3;1-4H3. The first-order valence-electron chi connectivity index (χ1n) is 4.45. The fraction of sp³-hybridized carbons (Fsp3) is 1.00. The number of hydrogen-bond acceptors (Lipinski definition) is 4. The molecule has 0 aliphatic carbocycles. The smallest absolute Gasteiger partial charge is 0.268 e. The zero-order valence-corrected chi connectivity index (χ0v) is 12.8. The van der Waals surface area contributed by atoms with E-state index in [9.17, 15) is 4.57 Å². The fourth-order valence-electron chi connectivity index (χ4n) is 0.245. The lowest BCUT2D eigenvalue weighted by Crippen LogP contribution is -2.07. The van der Waals surface area contributed by atoms with Crippen LogP contribution in [0.4, 0.5) is 0 Å². The van der Waals surface area contributed by atoms with Gasteiger partial charge in [-0.05, 0) is 27.4 Å². The second kappa shape index (κ2) is 7.59. The molecule has 0 saturated heterocycles. The van der Waals surface area contributed by atoms with E-state index in [0.717, 1.165) is 0 Å². The van der Waals surface area contributed by atoms with E-state index >= 15 is 0 Å². The number of hydrogen-bond donors (Lipinski definition) is 0. The van der Waals surface area contributed by atoms with E-state index < -0.39 is 14.8 Å². The highest BCUT2D eigenvalue weighted by atomic mass is 31.2. The third-order valence-corrected chi connectivity index (χ3v) is 5.98. The molecule has 94 valence electrons. The first-order valence-corrected chi connectivity index (χ1v) is 9.03. The first kappa shape index (κ1) is 17.7. The monoisotopic (exact) mass is 258 g/mol. The predicted octanol–water partition coefficient (Wildman–Crippen LogP) is 2.66. The minimum atomic E-state index is -2.41. The molecule has 0 aromatic rings. The summed E-state index contributed by atoms with van der Waals surface area (Å²) in [7, 11) is 4.69. The van der Waals surface area contributed by atoms with Crippen molar-refractivity contribution < 1.29 is 13.6 Å². The lowest BCUT2D eigenvalue weighted by molar-refractivity contribution is 0.351. The van der Waals surface area contributed by atoms with Crippen molar-refractivity contribution in [1.29, 1.82) is 0 Å². The van der Waals surface area contributed by atoms with Crippen LogP contribution in [0.1, 0.15) is 0 Å². The summed E-state index contributed by atoms with van der Waals surface area (Å²) in [5.74, 6) is 0. The molecule has 0 heterocycles. The van der Waals surface area contributed by atoms with Crippen molar-refractivity contribution in [2.45, 2.75) is 0 Å². The maximum absolute atomic E-state index is 11.0. The molecule has 0 fully saturated rings. The van der Waals surface area contributed by atoms with Crippen molar-refractivity contribution >= 4 is 14.8 Å². The van der Waals surface area contributed by atoms with E-state index in [0.29, 0.717) is 0 Å². The summed E-state index contributed by atoms with van der Waals surface area (Å²) >= 11 is 0. The van der Waals surface area contributed by atoms with Gasteiger partial charge in [0.2, 0.25) is 0 Å². The average Bonchev–Trinajstić information content (AvgIpc) is 2.18. The fourth-order valence-corrected chi connectivity index (χ4v) is 0.735. The summed E-state index contributed by atoms with van der Waals surface area (Å²) in [5.41, 5.74) is 0. The molecule has 0 aromatic heterocycles. The molecule has 0 aliphatic heterocycles. The Hall–Kier alpha value is 0.340. The van der Waals surface area contributed by atoms with E-state index in [4.69, 9.17) is 4.52 Å². The van der Waals surface area contributed by atoms with Crippen LogP contribution in [0.5, 0.6) is 0 Å². The van der Waals surface area contributed by atoms with Crippen molar-refractivity contribution in [1.82, 2.24) is 4.67 Å². The van der Waals surface area contributed by atoms with Gasteiger partial charge >= 0.3 is 0 Å². The van der Waals surface area contributed by atoms with E-state index in [2.05, 4.69) is 9.27 Å². The van der Waals surface area contributed by atoms with Gasteiger partial charge in [-0.3, -0.25) is 9.31 Å². The maximum atomic E-state index is 11.0. The zero-order valence-electron chi connectivity index (χ0n) is 11.0. The van der Waals surface area contributed by atoms with Gasteiger partial charge in [-0.25, -0.2) is 4.67 Å². The number of nitrogens with zero attached hydrogens (tertiary/aromatic N) is 2. The van der Waals surface area contributed by atoms with E-state index in [-0.39, 0.29) is 0 Å². The molecule has 7 heteroatoms. The third kappa shape index (κ3) is 9.28. The maximum Gasteiger partial charge on any atom is 0.268 e. The van der Waals surface area contributed by atoms with Gasteiger partial charge in [0.15, 0.2) is 0 Å². The van der Waals surface area contributed by atoms with Crippen LogP contribution in [0.15, 0.2) is 4.74 Å². The van der Waals surface area contributed by atoms with Crippen LogP contribution in [-0.2, 0) is 13.6 Å². The van der Waals surface area contributed by atoms with Crippen LogP contribution in [0.3, 0.4) is 0 Å².